The number of hydrogen-bond donors (Lipinski definition) is 2. The highest BCUT2D eigenvalue weighted by Crippen LogP contribution is 2.35. The fourth-order valence-electron chi connectivity index (χ4n) is 1.67. The molecule has 1 aromatic heterocycles. The molecule has 0 bridgehead atoms. The van der Waals surface area contributed by atoms with E-state index in [4.69, 9.17) is 5.73 Å². The van der Waals surface area contributed by atoms with Gasteiger partial charge in [0.2, 0.25) is 0 Å². The number of rotatable bonds is 2. The normalized spacial score (nSPS) is 12.6. The number of anilines is 1. The largest absolute Gasteiger partial charge is 0.507 e. The Bertz CT molecular complexity index is 549. The number of alkyl halides is 1. The highest BCUT2D eigenvalue weighted by atomic mass is 19.1. The lowest BCUT2D eigenvalue weighted by Crippen LogP contribution is -1.98. The van der Waals surface area contributed by atoms with Crippen LogP contribution in [0.3, 0.4) is 0 Å². The second-order valence-corrected chi connectivity index (χ2v) is 3.96. The van der Waals surface area contributed by atoms with Gasteiger partial charge in [0, 0.05) is 18.2 Å². The number of phenols is 1. The summed E-state index contributed by atoms with van der Waals surface area (Å²) in [6.45, 7) is 1.45. The van der Waals surface area contributed by atoms with Gasteiger partial charge in [0.25, 0.3) is 0 Å². The molecule has 5 heteroatoms. The van der Waals surface area contributed by atoms with Crippen LogP contribution in [-0.4, -0.2) is 14.9 Å². The zero-order chi connectivity index (χ0) is 12.6. The Morgan fingerprint density at radius 1 is 1.41 bits per heavy atom. The molecule has 0 amide bonds. The smallest absolute Gasteiger partial charge is 0.129 e. The molecule has 4 nitrogen and oxygen atoms in total. The SMILES string of the molecule is CC(F)c1ccc(O)c(-c2cnn(C)c2N)c1. The van der Waals surface area contributed by atoms with Crippen LogP contribution in [0.15, 0.2) is 24.4 Å². The van der Waals surface area contributed by atoms with E-state index in [2.05, 4.69) is 5.10 Å². The van der Waals surface area contributed by atoms with Crippen LogP contribution < -0.4 is 5.73 Å². The monoisotopic (exact) mass is 235 g/mol. The van der Waals surface area contributed by atoms with E-state index in [-0.39, 0.29) is 5.75 Å². The number of phenolic OH excluding ortho intramolecular Hbond substituents is 1. The standard InChI is InChI=1S/C12H14FN3O/c1-7(13)8-3-4-11(17)9(5-8)10-6-15-16(2)12(10)14/h3-7,17H,14H2,1-2H3. The molecule has 0 saturated heterocycles. The van der Waals surface area contributed by atoms with Crippen molar-refractivity contribution in [3.8, 4) is 16.9 Å². The van der Waals surface area contributed by atoms with Crippen molar-refractivity contribution in [2.45, 2.75) is 13.1 Å². The first-order chi connectivity index (χ1) is 8.00. The molecular formula is C12H14FN3O. The third-order valence-electron chi connectivity index (χ3n) is 2.75. The predicted octanol–water partition coefficient (Wildman–Crippen LogP) is 2.41. The molecule has 0 aliphatic carbocycles. The van der Waals surface area contributed by atoms with Crippen molar-refractivity contribution >= 4 is 5.82 Å². The maximum absolute atomic E-state index is 13.2. The van der Waals surface area contributed by atoms with Crippen molar-refractivity contribution in [2.24, 2.45) is 7.05 Å². The molecule has 2 aromatic rings. The summed E-state index contributed by atoms with van der Waals surface area (Å²) in [5.41, 5.74) is 7.43. The first-order valence-electron chi connectivity index (χ1n) is 5.25. The van der Waals surface area contributed by atoms with E-state index in [1.165, 1.54) is 17.7 Å². The topological polar surface area (TPSA) is 64.1 Å². The second kappa shape index (κ2) is 4.08. The molecule has 0 aliphatic rings. The lowest BCUT2D eigenvalue weighted by atomic mass is 10.0. The van der Waals surface area contributed by atoms with E-state index < -0.39 is 6.17 Å². The van der Waals surface area contributed by atoms with E-state index in [1.54, 1.807) is 25.4 Å². The molecule has 0 saturated carbocycles. The number of nitrogens with two attached hydrogens (primary N) is 1. The molecule has 3 N–H and O–H groups in total. The molecule has 1 atom stereocenters. The number of aryl methyl sites for hydroxylation is 1. The Morgan fingerprint density at radius 2 is 2.12 bits per heavy atom. The van der Waals surface area contributed by atoms with Gasteiger partial charge in [-0.2, -0.15) is 5.10 Å². The van der Waals surface area contributed by atoms with Gasteiger partial charge in [-0.15, -0.1) is 0 Å². The Morgan fingerprint density at radius 3 is 2.65 bits per heavy atom. The first kappa shape index (κ1) is 11.4. The minimum absolute atomic E-state index is 0.0640. The molecule has 0 aliphatic heterocycles. The second-order valence-electron chi connectivity index (χ2n) is 3.96. The Hall–Kier alpha value is -2.04. The van der Waals surface area contributed by atoms with Gasteiger partial charge in [0.1, 0.15) is 17.7 Å². The number of hydrogen-bond acceptors (Lipinski definition) is 3. The molecular weight excluding hydrogens is 221 g/mol. The Balaban J connectivity index is 2.58. The summed E-state index contributed by atoms with van der Waals surface area (Å²) >= 11 is 0. The minimum Gasteiger partial charge on any atom is -0.507 e. The summed E-state index contributed by atoms with van der Waals surface area (Å²) in [6, 6.07) is 4.61. The quantitative estimate of drug-likeness (QED) is 0.840. The van der Waals surface area contributed by atoms with Crippen LogP contribution in [0.4, 0.5) is 10.2 Å². The molecule has 0 fully saturated rings. The number of benzene rings is 1. The molecule has 90 valence electrons. The van der Waals surface area contributed by atoms with Crippen LogP contribution in [0.25, 0.3) is 11.1 Å². The van der Waals surface area contributed by atoms with Crippen molar-refractivity contribution < 1.29 is 9.50 Å². The average molecular weight is 235 g/mol. The number of halogens is 1. The highest BCUT2D eigenvalue weighted by molar-refractivity contribution is 5.78. The summed E-state index contributed by atoms with van der Waals surface area (Å²) in [6.07, 6.45) is 0.462. The van der Waals surface area contributed by atoms with Gasteiger partial charge < -0.3 is 10.8 Å². The maximum Gasteiger partial charge on any atom is 0.129 e. The third-order valence-corrected chi connectivity index (χ3v) is 2.75. The lowest BCUT2D eigenvalue weighted by molar-refractivity contribution is 0.374. The maximum atomic E-state index is 13.2. The molecule has 1 unspecified atom stereocenters. The van der Waals surface area contributed by atoms with Crippen LogP contribution in [0, 0.1) is 0 Å². The summed E-state index contributed by atoms with van der Waals surface area (Å²) in [5.74, 6) is 0.498. The Labute approximate surface area is 98.5 Å². The van der Waals surface area contributed by atoms with Gasteiger partial charge >= 0.3 is 0 Å². The van der Waals surface area contributed by atoms with Crippen LogP contribution in [-0.2, 0) is 7.05 Å². The van der Waals surface area contributed by atoms with Crippen molar-refractivity contribution in [1.82, 2.24) is 9.78 Å². The third kappa shape index (κ3) is 1.95. The minimum atomic E-state index is -1.09. The molecule has 0 spiro atoms. The fraction of sp³-hybridized carbons (Fsp3) is 0.250. The van der Waals surface area contributed by atoms with Gasteiger partial charge in [-0.3, -0.25) is 4.68 Å². The van der Waals surface area contributed by atoms with Crippen molar-refractivity contribution in [2.75, 3.05) is 5.73 Å². The zero-order valence-electron chi connectivity index (χ0n) is 9.68. The molecule has 1 aromatic carbocycles. The van der Waals surface area contributed by atoms with Crippen LogP contribution in [0.1, 0.15) is 18.7 Å². The first-order valence-corrected chi connectivity index (χ1v) is 5.25. The van der Waals surface area contributed by atoms with Crippen LogP contribution >= 0.6 is 0 Å². The van der Waals surface area contributed by atoms with E-state index in [9.17, 15) is 9.50 Å². The van der Waals surface area contributed by atoms with Gasteiger partial charge in [-0.1, -0.05) is 6.07 Å². The summed E-state index contributed by atoms with van der Waals surface area (Å²) < 4.78 is 14.7. The van der Waals surface area contributed by atoms with Gasteiger partial charge in [0.15, 0.2) is 0 Å². The number of aromatic nitrogens is 2. The summed E-state index contributed by atoms with van der Waals surface area (Å²) in [7, 11) is 1.71. The van der Waals surface area contributed by atoms with E-state index in [0.29, 0.717) is 22.5 Å². The summed E-state index contributed by atoms with van der Waals surface area (Å²) in [5, 5.41) is 13.8. The summed E-state index contributed by atoms with van der Waals surface area (Å²) in [4.78, 5) is 0. The highest BCUT2D eigenvalue weighted by Gasteiger charge is 2.14. The lowest BCUT2D eigenvalue weighted by Gasteiger charge is -2.08. The van der Waals surface area contributed by atoms with Gasteiger partial charge in [0.05, 0.1) is 6.20 Å². The van der Waals surface area contributed by atoms with Crippen molar-refractivity contribution in [3.63, 3.8) is 0 Å². The molecule has 0 radical (unpaired) electrons. The Kier molecular flexibility index (Phi) is 2.75. The van der Waals surface area contributed by atoms with E-state index >= 15 is 0 Å². The number of aromatic hydroxyl groups is 1. The van der Waals surface area contributed by atoms with Crippen molar-refractivity contribution in [1.29, 1.82) is 0 Å². The fourth-order valence-corrected chi connectivity index (χ4v) is 1.67. The molecule has 1 heterocycles. The average Bonchev–Trinajstić information content (AvgIpc) is 2.60. The van der Waals surface area contributed by atoms with Crippen LogP contribution in [0.2, 0.25) is 0 Å². The molecule has 2 rings (SSSR count). The number of nitrogen functional groups attached to an aromatic ring is 1. The van der Waals surface area contributed by atoms with E-state index in [1.807, 2.05) is 0 Å². The van der Waals surface area contributed by atoms with Crippen LogP contribution in [0.5, 0.6) is 5.75 Å². The zero-order valence-corrected chi connectivity index (χ0v) is 9.68. The van der Waals surface area contributed by atoms with E-state index in [0.717, 1.165) is 0 Å². The van der Waals surface area contributed by atoms with Crippen molar-refractivity contribution in [3.05, 3.63) is 30.0 Å². The van der Waals surface area contributed by atoms with Gasteiger partial charge in [-0.05, 0) is 24.6 Å². The number of nitrogens with zero attached hydrogens (tertiary/aromatic N) is 2. The predicted molar refractivity (Wildman–Crippen MR) is 64.2 cm³/mol. The van der Waals surface area contributed by atoms with Gasteiger partial charge in [-0.25, -0.2) is 4.39 Å². The molecule has 17 heavy (non-hydrogen) atoms.